The molecule has 0 unspecified atom stereocenters. The molecule has 0 aliphatic heterocycles. The Morgan fingerprint density at radius 2 is 1.65 bits per heavy atom. The van der Waals surface area contributed by atoms with E-state index in [2.05, 4.69) is 4.98 Å². The highest BCUT2D eigenvalue weighted by Crippen LogP contribution is 2.41. The Bertz CT molecular complexity index is 523. The molecular formula is C12H7ClF3N. The van der Waals surface area contributed by atoms with Crippen LogP contribution in [0.25, 0.3) is 11.1 Å². The van der Waals surface area contributed by atoms with Gasteiger partial charge in [-0.2, -0.15) is 13.2 Å². The minimum atomic E-state index is -4.48. The van der Waals surface area contributed by atoms with Crippen LogP contribution < -0.4 is 0 Å². The van der Waals surface area contributed by atoms with E-state index in [0.29, 0.717) is 5.56 Å². The third-order valence-electron chi connectivity index (χ3n) is 2.29. The molecular weight excluding hydrogens is 251 g/mol. The Balaban J connectivity index is 2.67. The highest BCUT2D eigenvalue weighted by molar-refractivity contribution is 6.31. The first-order valence-electron chi connectivity index (χ1n) is 4.76. The average Bonchev–Trinajstić information content (AvgIpc) is 2.28. The monoisotopic (exact) mass is 257 g/mol. The second kappa shape index (κ2) is 4.37. The summed E-state index contributed by atoms with van der Waals surface area (Å²) in [5.74, 6) is 0. The van der Waals surface area contributed by atoms with Gasteiger partial charge in [-0.1, -0.05) is 23.7 Å². The van der Waals surface area contributed by atoms with Crippen molar-refractivity contribution in [1.29, 1.82) is 0 Å². The van der Waals surface area contributed by atoms with Gasteiger partial charge in [-0.15, -0.1) is 0 Å². The van der Waals surface area contributed by atoms with Crippen LogP contribution in [0.5, 0.6) is 0 Å². The van der Waals surface area contributed by atoms with Gasteiger partial charge in [0.05, 0.1) is 10.6 Å². The van der Waals surface area contributed by atoms with Crippen LogP contribution in [0.3, 0.4) is 0 Å². The molecule has 17 heavy (non-hydrogen) atoms. The molecule has 5 heteroatoms. The lowest BCUT2D eigenvalue weighted by Gasteiger charge is -2.14. The summed E-state index contributed by atoms with van der Waals surface area (Å²) in [7, 11) is 0. The molecule has 1 heterocycles. The van der Waals surface area contributed by atoms with Gasteiger partial charge in [-0.25, -0.2) is 0 Å². The van der Waals surface area contributed by atoms with E-state index < -0.39 is 11.7 Å². The number of pyridine rings is 1. The van der Waals surface area contributed by atoms with Gasteiger partial charge in [0.25, 0.3) is 0 Å². The molecule has 1 nitrogen and oxygen atoms in total. The Morgan fingerprint density at radius 3 is 2.24 bits per heavy atom. The van der Waals surface area contributed by atoms with E-state index in [1.807, 2.05) is 0 Å². The lowest BCUT2D eigenvalue weighted by Crippen LogP contribution is -2.08. The van der Waals surface area contributed by atoms with Crippen LogP contribution in [0.15, 0.2) is 42.7 Å². The second-order valence-electron chi connectivity index (χ2n) is 3.40. The highest BCUT2D eigenvalue weighted by Gasteiger charge is 2.36. The minimum Gasteiger partial charge on any atom is -0.265 e. The Labute approximate surface area is 101 Å². The summed E-state index contributed by atoms with van der Waals surface area (Å²) in [6, 6.07) is 7.15. The molecule has 0 aliphatic rings. The van der Waals surface area contributed by atoms with E-state index in [-0.39, 0.29) is 10.6 Å². The van der Waals surface area contributed by atoms with Crippen molar-refractivity contribution in [3.05, 3.63) is 53.3 Å². The lowest BCUT2D eigenvalue weighted by atomic mass is 10.0. The van der Waals surface area contributed by atoms with Crippen LogP contribution in [-0.4, -0.2) is 4.98 Å². The standard InChI is InChI=1S/C12H7ClF3N/c13-10-3-1-2-9(11(10)12(14,15)16)8-4-6-17-7-5-8/h1-7H. The molecule has 0 fully saturated rings. The minimum absolute atomic E-state index is 0.0624. The maximum Gasteiger partial charge on any atom is 0.418 e. The predicted octanol–water partition coefficient (Wildman–Crippen LogP) is 4.42. The fourth-order valence-electron chi connectivity index (χ4n) is 1.58. The van der Waals surface area contributed by atoms with E-state index in [4.69, 9.17) is 11.6 Å². The van der Waals surface area contributed by atoms with Crippen molar-refractivity contribution in [2.24, 2.45) is 0 Å². The molecule has 0 saturated heterocycles. The second-order valence-corrected chi connectivity index (χ2v) is 3.80. The summed E-state index contributed by atoms with van der Waals surface area (Å²) in [5, 5.41) is -0.299. The van der Waals surface area contributed by atoms with E-state index in [1.54, 1.807) is 0 Å². The first kappa shape index (κ1) is 11.9. The fraction of sp³-hybridized carbons (Fsp3) is 0.0833. The summed E-state index contributed by atoms with van der Waals surface area (Å²) in [4.78, 5) is 3.77. The number of halogens is 4. The number of hydrogen-bond donors (Lipinski definition) is 0. The molecule has 1 aromatic heterocycles. The highest BCUT2D eigenvalue weighted by atomic mass is 35.5. The zero-order valence-corrected chi connectivity index (χ0v) is 9.26. The summed E-state index contributed by atoms with van der Waals surface area (Å²) in [5.41, 5.74) is -0.310. The number of hydrogen-bond acceptors (Lipinski definition) is 1. The topological polar surface area (TPSA) is 12.9 Å². The van der Waals surface area contributed by atoms with Gasteiger partial charge in [0.2, 0.25) is 0 Å². The molecule has 0 atom stereocenters. The molecule has 2 rings (SSSR count). The summed E-state index contributed by atoms with van der Waals surface area (Å²) in [6.45, 7) is 0. The van der Waals surface area contributed by atoms with Gasteiger partial charge in [0.1, 0.15) is 0 Å². The van der Waals surface area contributed by atoms with Crippen LogP contribution in [0.4, 0.5) is 13.2 Å². The summed E-state index contributed by atoms with van der Waals surface area (Å²) >= 11 is 5.63. The van der Waals surface area contributed by atoms with E-state index >= 15 is 0 Å². The van der Waals surface area contributed by atoms with Crippen LogP contribution in [0.2, 0.25) is 5.02 Å². The third-order valence-corrected chi connectivity index (χ3v) is 2.60. The van der Waals surface area contributed by atoms with Gasteiger partial charge in [-0.05, 0) is 29.3 Å². The third kappa shape index (κ3) is 2.42. The molecule has 88 valence electrons. The molecule has 1 aromatic carbocycles. The summed E-state index contributed by atoms with van der Waals surface area (Å²) < 4.78 is 38.7. The smallest absolute Gasteiger partial charge is 0.265 e. The van der Waals surface area contributed by atoms with Crippen LogP contribution in [0.1, 0.15) is 5.56 Å². The first-order chi connectivity index (χ1) is 8.00. The molecule has 0 saturated carbocycles. The number of alkyl halides is 3. The van der Waals surface area contributed by atoms with E-state index in [0.717, 1.165) is 0 Å². The van der Waals surface area contributed by atoms with Crippen molar-refractivity contribution < 1.29 is 13.2 Å². The molecule has 0 bridgehead atoms. The van der Waals surface area contributed by atoms with Gasteiger partial charge in [0.15, 0.2) is 0 Å². The van der Waals surface area contributed by atoms with E-state index in [9.17, 15) is 13.2 Å². The maximum absolute atomic E-state index is 12.9. The van der Waals surface area contributed by atoms with E-state index in [1.165, 1.54) is 42.7 Å². The van der Waals surface area contributed by atoms with Crippen molar-refractivity contribution in [1.82, 2.24) is 4.98 Å². The molecule has 0 spiro atoms. The first-order valence-corrected chi connectivity index (χ1v) is 5.14. The zero-order chi connectivity index (χ0) is 12.5. The Kier molecular flexibility index (Phi) is 3.07. The van der Waals surface area contributed by atoms with Crippen LogP contribution in [-0.2, 0) is 6.18 Å². The van der Waals surface area contributed by atoms with Crippen molar-refractivity contribution in [3.63, 3.8) is 0 Å². The maximum atomic E-state index is 12.9. The number of nitrogens with zero attached hydrogens (tertiary/aromatic N) is 1. The molecule has 0 aliphatic carbocycles. The van der Waals surface area contributed by atoms with Gasteiger partial charge in [0, 0.05) is 12.4 Å². The molecule has 0 N–H and O–H groups in total. The molecule has 0 radical (unpaired) electrons. The SMILES string of the molecule is FC(F)(F)c1c(Cl)cccc1-c1ccncc1. The van der Waals surface area contributed by atoms with Crippen molar-refractivity contribution >= 4 is 11.6 Å². The lowest BCUT2D eigenvalue weighted by molar-refractivity contribution is -0.137. The van der Waals surface area contributed by atoms with Gasteiger partial charge >= 0.3 is 6.18 Å². The largest absolute Gasteiger partial charge is 0.418 e. The normalized spacial score (nSPS) is 11.5. The Hall–Kier alpha value is -1.55. The van der Waals surface area contributed by atoms with Crippen molar-refractivity contribution in [2.75, 3.05) is 0 Å². The van der Waals surface area contributed by atoms with Gasteiger partial charge in [-0.3, -0.25) is 4.98 Å². The van der Waals surface area contributed by atoms with Crippen molar-refractivity contribution in [2.45, 2.75) is 6.18 Å². The van der Waals surface area contributed by atoms with Crippen LogP contribution in [0, 0.1) is 0 Å². The average molecular weight is 258 g/mol. The summed E-state index contributed by atoms with van der Waals surface area (Å²) in [6.07, 6.45) is -1.59. The zero-order valence-electron chi connectivity index (χ0n) is 8.50. The Morgan fingerprint density at radius 1 is 1.00 bits per heavy atom. The fourth-order valence-corrected chi connectivity index (χ4v) is 1.87. The quantitative estimate of drug-likeness (QED) is 0.737. The predicted molar refractivity (Wildman–Crippen MR) is 59.7 cm³/mol. The van der Waals surface area contributed by atoms with Crippen molar-refractivity contribution in [3.8, 4) is 11.1 Å². The molecule has 0 amide bonds. The van der Waals surface area contributed by atoms with Crippen LogP contribution >= 0.6 is 11.6 Å². The van der Waals surface area contributed by atoms with Gasteiger partial charge < -0.3 is 0 Å². The number of rotatable bonds is 1. The number of aromatic nitrogens is 1. The number of benzene rings is 1. The molecule has 2 aromatic rings.